The number of hydrogen-bond donors (Lipinski definition) is 0. The largest absolute Gasteiger partial charge is 0.334 e. The number of Topliss-reactive ketones (excluding diaryl/α,β-unsaturated/α-hetero) is 1. The third kappa shape index (κ3) is 1.81. The van der Waals surface area contributed by atoms with Gasteiger partial charge >= 0.3 is 0 Å². The number of imidazole rings is 1. The first kappa shape index (κ1) is 8.71. The number of rotatable bonds is 2. The Morgan fingerprint density at radius 3 is 2.67 bits per heavy atom. The van der Waals surface area contributed by atoms with Gasteiger partial charge in [-0.3, -0.25) is 4.79 Å². The number of nitrogens with zero attached hydrogens (tertiary/aromatic N) is 2. The van der Waals surface area contributed by atoms with Crippen LogP contribution in [0.5, 0.6) is 0 Å². The number of hydrogen-bond acceptors (Lipinski definition) is 2. The van der Waals surface area contributed by atoms with Crippen molar-refractivity contribution in [1.82, 2.24) is 9.55 Å². The summed E-state index contributed by atoms with van der Waals surface area (Å²) >= 11 is 0. The summed E-state index contributed by atoms with van der Waals surface area (Å²) in [6.45, 7) is 3.36. The number of aromatic nitrogens is 2. The van der Waals surface area contributed by atoms with Crippen LogP contribution in [-0.4, -0.2) is 15.3 Å². The van der Waals surface area contributed by atoms with Gasteiger partial charge in [-0.2, -0.15) is 0 Å². The predicted octanol–water partition coefficient (Wildman–Crippen LogP) is 1.41. The van der Waals surface area contributed by atoms with Crippen LogP contribution in [0.25, 0.3) is 6.08 Å². The molecule has 64 valence electrons. The maximum atomic E-state index is 10.9. The van der Waals surface area contributed by atoms with Gasteiger partial charge in [0.15, 0.2) is 5.78 Å². The third-order valence-corrected chi connectivity index (χ3v) is 1.77. The highest BCUT2D eigenvalue weighted by molar-refractivity contribution is 5.96. The van der Waals surface area contributed by atoms with Gasteiger partial charge in [-0.25, -0.2) is 4.98 Å². The summed E-state index contributed by atoms with van der Waals surface area (Å²) < 4.78 is 1.87. The summed E-state index contributed by atoms with van der Waals surface area (Å²) in [5, 5.41) is 0. The SMILES string of the molecule is CC(=O)/C(C)=C/c1cncn1C. The molecule has 3 heteroatoms. The second-order valence-electron chi connectivity index (χ2n) is 2.81. The Labute approximate surface area is 71.7 Å². The fraction of sp³-hybridized carbons (Fsp3) is 0.333. The molecule has 1 aromatic rings. The minimum absolute atomic E-state index is 0.0937. The topological polar surface area (TPSA) is 34.9 Å². The molecule has 0 radical (unpaired) electrons. The van der Waals surface area contributed by atoms with Crippen LogP contribution in [0.15, 0.2) is 18.1 Å². The van der Waals surface area contributed by atoms with Crippen molar-refractivity contribution in [2.45, 2.75) is 13.8 Å². The molecule has 0 aliphatic heterocycles. The van der Waals surface area contributed by atoms with E-state index in [1.54, 1.807) is 26.4 Å². The maximum absolute atomic E-state index is 10.9. The molecule has 0 saturated heterocycles. The highest BCUT2D eigenvalue weighted by atomic mass is 16.1. The third-order valence-electron chi connectivity index (χ3n) is 1.77. The Morgan fingerprint density at radius 1 is 1.58 bits per heavy atom. The van der Waals surface area contributed by atoms with Crippen molar-refractivity contribution in [1.29, 1.82) is 0 Å². The minimum Gasteiger partial charge on any atom is -0.334 e. The molecular formula is C9H12N2O. The van der Waals surface area contributed by atoms with Crippen molar-refractivity contribution < 1.29 is 4.79 Å². The summed E-state index contributed by atoms with van der Waals surface area (Å²) in [5.74, 6) is 0.0937. The number of carbonyl (C=O) groups is 1. The second-order valence-corrected chi connectivity index (χ2v) is 2.81. The van der Waals surface area contributed by atoms with Crippen molar-refractivity contribution in [3.8, 4) is 0 Å². The number of ketones is 1. The van der Waals surface area contributed by atoms with Crippen molar-refractivity contribution in [2.75, 3.05) is 0 Å². The zero-order chi connectivity index (χ0) is 9.14. The van der Waals surface area contributed by atoms with Crippen LogP contribution in [0.1, 0.15) is 19.5 Å². The van der Waals surface area contributed by atoms with Gasteiger partial charge in [0.2, 0.25) is 0 Å². The van der Waals surface area contributed by atoms with Crippen molar-refractivity contribution >= 4 is 11.9 Å². The fourth-order valence-electron chi connectivity index (χ4n) is 0.830. The molecule has 0 amide bonds. The molecule has 1 heterocycles. The molecule has 0 spiro atoms. The van der Waals surface area contributed by atoms with E-state index in [0.717, 1.165) is 11.3 Å². The normalized spacial score (nSPS) is 11.8. The van der Waals surface area contributed by atoms with Crippen molar-refractivity contribution in [3.63, 3.8) is 0 Å². The molecule has 0 fully saturated rings. The molecule has 0 unspecified atom stereocenters. The Morgan fingerprint density at radius 2 is 2.25 bits per heavy atom. The Bertz CT molecular complexity index is 323. The molecule has 0 saturated carbocycles. The van der Waals surface area contributed by atoms with E-state index in [0.29, 0.717) is 0 Å². The van der Waals surface area contributed by atoms with Gasteiger partial charge in [0.05, 0.1) is 18.2 Å². The molecular weight excluding hydrogens is 152 g/mol. The summed E-state index contributed by atoms with van der Waals surface area (Å²) in [7, 11) is 1.90. The quantitative estimate of drug-likeness (QED) is 0.619. The smallest absolute Gasteiger partial charge is 0.155 e. The summed E-state index contributed by atoms with van der Waals surface area (Å²) in [6, 6.07) is 0. The first-order valence-corrected chi connectivity index (χ1v) is 3.77. The lowest BCUT2D eigenvalue weighted by atomic mass is 10.2. The minimum atomic E-state index is 0.0937. The van der Waals surface area contributed by atoms with E-state index in [2.05, 4.69) is 4.98 Å². The van der Waals surface area contributed by atoms with Gasteiger partial charge in [0, 0.05) is 7.05 Å². The average molecular weight is 164 g/mol. The van der Waals surface area contributed by atoms with E-state index in [9.17, 15) is 4.79 Å². The van der Waals surface area contributed by atoms with Gasteiger partial charge in [0.25, 0.3) is 0 Å². The van der Waals surface area contributed by atoms with Crippen LogP contribution < -0.4 is 0 Å². The summed E-state index contributed by atoms with van der Waals surface area (Å²) in [5.41, 5.74) is 1.70. The number of aryl methyl sites for hydroxylation is 1. The van der Waals surface area contributed by atoms with Crippen LogP contribution in [-0.2, 0) is 11.8 Å². The van der Waals surface area contributed by atoms with Gasteiger partial charge in [-0.05, 0) is 25.5 Å². The molecule has 0 atom stereocenters. The molecule has 12 heavy (non-hydrogen) atoms. The lowest BCUT2D eigenvalue weighted by molar-refractivity contribution is -0.113. The lowest BCUT2D eigenvalue weighted by Crippen LogP contribution is -1.93. The molecule has 1 aromatic heterocycles. The van der Waals surface area contributed by atoms with Crippen molar-refractivity contribution in [3.05, 3.63) is 23.8 Å². The molecule has 3 nitrogen and oxygen atoms in total. The molecule has 0 N–H and O–H groups in total. The first-order chi connectivity index (χ1) is 5.61. The number of carbonyl (C=O) groups excluding carboxylic acids is 1. The van der Waals surface area contributed by atoms with E-state index in [4.69, 9.17) is 0 Å². The van der Waals surface area contributed by atoms with E-state index in [1.165, 1.54) is 0 Å². The van der Waals surface area contributed by atoms with Gasteiger partial charge in [-0.15, -0.1) is 0 Å². The molecule has 0 aromatic carbocycles. The monoisotopic (exact) mass is 164 g/mol. The molecule has 0 aliphatic carbocycles. The Hall–Kier alpha value is -1.38. The first-order valence-electron chi connectivity index (χ1n) is 3.77. The van der Waals surface area contributed by atoms with Gasteiger partial charge < -0.3 is 4.57 Å². The summed E-state index contributed by atoms with van der Waals surface area (Å²) in [6.07, 6.45) is 5.26. The van der Waals surface area contributed by atoms with E-state index < -0.39 is 0 Å². The zero-order valence-electron chi connectivity index (χ0n) is 7.53. The Balaban J connectivity index is 2.95. The predicted molar refractivity (Wildman–Crippen MR) is 47.5 cm³/mol. The fourth-order valence-corrected chi connectivity index (χ4v) is 0.830. The summed E-state index contributed by atoms with van der Waals surface area (Å²) in [4.78, 5) is 14.8. The highest BCUT2D eigenvalue weighted by Crippen LogP contribution is 2.04. The van der Waals surface area contributed by atoms with Crippen LogP contribution >= 0.6 is 0 Å². The Kier molecular flexibility index (Phi) is 2.43. The van der Waals surface area contributed by atoms with E-state index in [1.807, 2.05) is 17.7 Å². The van der Waals surface area contributed by atoms with Crippen molar-refractivity contribution in [2.24, 2.45) is 7.05 Å². The molecule has 1 rings (SSSR count). The van der Waals surface area contributed by atoms with Crippen LogP contribution in [0.2, 0.25) is 0 Å². The second kappa shape index (κ2) is 3.34. The highest BCUT2D eigenvalue weighted by Gasteiger charge is 1.98. The van der Waals surface area contributed by atoms with Crippen LogP contribution in [0, 0.1) is 0 Å². The van der Waals surface area contributed by atoms with Crippen LogP contribution in [0.3, 0.4) is 0 Å². The van der Waals surface area contributed by atoms with Gasteiger partial charge in [0.1, 0.15) is 0 Å². The molecule has 0 bridgehead atoms. The maximum Gasteiger partial charge on any atom is 0.155 e. The van der Waals surface area contributed by atoms with Crippen LogP contribution in [0.4, 0.5) is 0 Å². The molecule has 0 aliphatic rings. The average Bonchev–Trinajstić information content (AvgIpc) is 2.36. The standard InChI is InChI=1S/C9H12N2O/c1-7(8(2)12)4-9-5-10-6-11(9)3/h4-6H,1-3H3/b7-4+. The zero-order valence-corrected chi connectivity index (χ0v) is 7.53. The lowest BCUT2D eigenvalue weighted by Gasteiger charge is -1.96. The number of allylic oxidation sites excluding steroid dienone is 1. The van der Waals surface area contributed by atoms with Gasteiger partial charge in [-0.1, -0.05) is 0 Å². The van der Waals surface area contributed by atoms with E-state index >= 15 is 0 Å². The van der Waals surface area contributed by atoms with E-state index in [-0.39, 0.29) is 5.78 Å².